The monoisotopic (exact) mass is 483 g/mol. The Balaban J connectivity index is 1.55. The molecule has 0 aliphatic carbocycles. The lowest BCUT2D eigenvalue weighted by atomic mass is 9.76. The average molecular weight is 484 g/mol. The van der Waals surface area contributed by atoms with Gasteiger partial charge in [-0.15, -0.1) is 0 Å². The van der Waals surface area contributed by atoms with Gasteiger partial charge in [0.2, 0.25) is 0 Å². The molecule has 1 saturated heterocycles. The summed E-state index contributed by atoms with van der Waals surface area (Å²) in [6.07, 6.45) is -0.517. The van der Waals surface area contributed by atoms with E-state index in [9.17, 15) is 8.42 Å². The Morgan fingerprint density at radius 1 is 0.743 bits per heavy atom. The fourth-order valence-electron chi connectivity index (χ4n) is 5.00. The van der Waals surface area contributed by atoms with Crippen molar-refractivity contribution in [2.24, 2.45) is 0 Å². The van der Waals surface area contributed by atoms with Gasteiger partial charge in [0.05, 0.1) is 22.6 Å². The van der Waals surface area contributed by atoms with Crippen LogP contribution in [0.3, 0.4) is 0 Å². The van der Waals surface area contributed by atoms with E-state index in [0.29, 0.717) is 6.54 Å². The zero-order chi connectivity index (χ0) is 24.5. The first-order valence-electron chi connectivity index (χ1n) is 11.9. The Bertz CT molecular complexity index is 1280. The topological polar surface area (TPSA) is 46.4 Å². The first-order valence-corrected chi connectivity index (χ1v) is 13.3. The third kappa shape index (κ3) is 4.43. The van der Waals surface area contributed by atoms with Gasteiger partial charge >= 0.3 is 0 Å². The molecule has 5 rings (SSSR count). The Labute approximate surface area is 207 Å². The average Bonchev–Trinajstić information content (AvgIpc) is 3.68. The summed E-state index contributed by atoms with van der Waals surface area (Å²) in [6.45, 7) is 4.49. The minimum atomic E-state index is -3.87. The van der Waals surface area contributed by atoms with Gasteiger partial charge in [0, 0.05) is 6.54 Å². The zero-order valence-electron chi connectivity index (χ0n) is 19.9. The summed E-state index contributed by atoms with van der Waals surface area (Å²) < 4.78 is 31.8. The van der Waals surface area contributed by atoms with E-state index in [2.05, 4.69) is 77.7 Å². The van der Waals surface area contributed by atoms with E-state index in [1.807, 2.05) is 32.0 Å². The maximum absolute atomic E-state index is 13.0. The molecular formula is C30H29NO3S. The van der Waals surface area contributed by atoms with Gasteiger partial charge in [0.1, 0.15) is 0 Å². The van der Waals surface area contributed by atoms with E-state index < -0.39 is 21.8 Å². The third-order valence-corrected chi connectivity index (χ3v) is 8.19. The molecule has 3 atom stereocenters. The third-order valence-electron chi connectivity index (χ3n) is 6.79. The van der Waals surface area contributed by atoms with Gasteiger partial charge < -0.3 is 0 Å². The van der Waals surface area contributed by atoms with Gasteiger partial charge in [0.25, 0.3) is 10.1 Å². The van der Waals surface area contributed by atoms with Gasteiger partial charge in [-0.3, -0.25) is 9.08 Å². The molecule has 4 aromatic carbocycles. The van der Waals surface area contributed by atoms with Crippen molar-refractivity contribution in [1.82, 2.24) is 4.90 Å². The second-order valence-electron chi connectivity index (χ2n) is 9.10. The Kier molecular flexibility index (Phi) is 6.32. The highest BCUT2D eigenvalue weighted by Gasteiger charge is 2.55. The molecule has 0 amide bonds. The summed E-state index contributed by atoms with van der Waals surface area (Å²) in [5.41, 5.74) is 3.83. The van der Waals surface area contributed by atoms with Crippen molar-refractivity contribution in [3.8, 4) is 0 Å². The van der Waals surface area contributed by atoms with E-state index >= 15 is 0 Å². The van der Waals surface area contributed by atoms with Crippen molar-refractivity contribution in [3.05, 3.63) is 138 Å². The number of rotatable bonds is 8. The van der Waals surface area contributed by atoms with E-state index in [1.54, 1.807) is 24.3 Å². The maximum Gasteiger partial charge on any atom is 0.297 e. The molecule has 0 spiro atoms. The molecule has 4 nitrogen and oxygen atoms in total. The van der Waals surface area contributed by atoms with E-state index in [-0.39, 0.29) is 10.9 Å². The number of nitrogens with zero attached hydrogens (tertiary/aromatic N) is 1. The van der Waals surface area contributed by atoms with E-state index in [0.717, 1.165) is 22.3 Å². The van der Waals surface area contributed by atoms with Gasteiger partial charge in [-0.2, -0.15) is 8.42 Å². The minimum Gasteiger partial charge on any atom is -0.278 e. The molecule has 1 aliphatic rings. The molecule has 35 heavy (non-hydrogen) atoms. The quantitative estimate of drug-likeness (QED) is 0.181. The summed E-state index contributed by atoms with van der Waals surface area (Å²) in [4.78, 5) is 2.53. The fourth-order valence-corrected chi connectivity index (χ4v) is 6.11. The van der Waals surface area contributed by atoms with E-state index in [1.165, 1.54) is 0 Å². The van der Waals surface area contributed by atoms with Crippen LogP contribution in [-0.4, -0.2) is 32.0 Å². The second-order valence-corrected chi connectivity index (χ2v) is 10.7. The van der Waals surface area contributed by atoms with Crippen molar-refractivity contribution in [2.75, 3.05) is 6.54 Å². The summed E-state index contributed by atoms with van der Waals surface area (Å²) in [7, 11) is -3.87. The Morgan fingerprint density at radius 2 is 1.17 bits per heavy atom. The van der Waals surface area contributed by atoms with Crippen LogP contribution in [-0.2, 0) is 19.8 Å². The Hall–Kier alpha value is -3.25. The number of hydrogen-bond donors (Lipinski definition) is 0. The van der Waals surface area contributed by atoms with Crippen LogP contribution in [0.25, 0.3) is 0 Å². The van der Waals surface area contributed by atoms with Crippen LogP contribution in [0, 0.1) is 6.92 Å². The molecule has 4 aromatic rings. The predicted molar refractivity (Wildman–Crippen MR) is 139 cm³/mol. The van der Waals surface area contributed by atoms with Gasteiger partial charge in [0.15, 0.2) is 0 Å². The molecular weight excluding hydrogens is 454 g/mol. The number of hydrogen-bond acceptors (Lipinski definition) is 4. The SMILES string of the molecule is Cc1ccc(S(=O)(=O)O[C@@H](C)[C@@H]2CN2C(c2ccccc2)(c2ccccc2)c2ccccc2)cc1. The molecule has 1 aliphatic heterocycles. The molecule has 1 heterocycles. The largest absolute Gasteiger partial charge is 0.297 e. The van der Waals surface area contributed by atoms with Crippen molar-refractivity contribution >= 4 is 10.1 Å². The van der Waals surface area contributed by atoms with Gasteiger partial charge in [-0.25, -0.2) is 0 Å². The number of benzene rings is 4. The number of aryl methyl sites for hydroxylation is 1. The summed E-state index contributed by atoms with van der Waals surface area (Å²) in [5.74, 6) is 0. The fraction of sp³-hybridized carbons (Fsp3) is 0.200. The summed E-state index contributed by atoms with van der Waals surface area (Å²) in [5, 5.41) is 0. The van der Waals surface area contributed by atoms with Crippen molar-refractivity contribution in [2.45, 2.75) is 36.4 Å². The normalized spacial score (nSPS) is 18.7. The lowest BCUT2D eigenvalue weighted by Gasteiger charge is -2.38. The standard InChI is InChI=1S/C30H29NO3S/c1-23-18-20-28(21-19-23)35(32,33)34-24(2)29-22-31(29)30(25-12-6-3-7-13-25,26-14-8-4-9-15-26)27-16-10-5-11-17-27/h3-21,24,29H,22H2,1-2H3/t24-,29-,31?/m0/s1. The van der Waals surface area contributed by atoms with Crippen LogP contribution >= 0.6 is 0 Å². The molecule has 1 unspecified atom stereocenters. The van der Waals surface area contributed by atoms with Gasteiger partial charge in [-0.1, -0.05) is 109 Å². The molecule has 0 radical (unpaired) electrons. The first kappa shape index (κ1) is 23.5. The first-order chi connectivity index (χ1) is 16.9. The molecule has 0 saturated carbocycles. The highest BCUT2D eigenvalue weighted by atomic mass is 32.2. The van der Waals surface area contributed by atoms with Crippen LogP contribution in [0.5, 0.6) is 0 Å². The molecule has 0 aromatic heterocycles. The van der Waals surface area contributed by atoms with E-state index in [4.69, 9.17) is 4.18 Å². The predicted octanol–water partition coefficient (Wildman–Crippen LogP) is 5.77. The van der Waals surface area contributed by atoms with Crippen LogP contribution in [0.15, 0.2) is 120 Å². The summed E-state index contributed by atoms with van der Waals surface area (Å²) >= 11 is 0. The van der Waals surface area contributed by atoms with Crippen LogP contribution in [0.4, 0.5) is 0 Å². The molecule has 5 heteroatoms. The molecule has 178 valence electrons. The van der Waals surface area contributed by atoms with Crippen LogP contribution in [0.2, 0.25) is 0 Å². The minimum absolute atomic E-state index is 0.0733. The van der Waals surface area contributed by atoms with Gasteiger partial charge in [-0.05, 0) is 42.7 Å². The summed E-state index contributed by atoms with van der Waals surface area (Å²) in [6, 6.07) is 37.9. The highest BCUT2D eigenvalue weighted by Crippen LogP contribution is 2.49. The van der Waals surface area contributed by atoms with Crippen molar-refractivity contribution in [1.29, 1.82) is 0 Å². The lowest BCUT2D eigenvalue weighted by molar-refractivity contribution is 0.185. The van der Waals surface area contributed by atoms with Crippen molar-refractivity contribution < 1.29 is 12.6 Å². The molecule has 0 N–H and O–H groups in total. The van der Waals surface area contributed by atoms with Crippen LogP contribution < -0.4 is 0 Å². The maximum atomic E-state index is 13.0. The highest BCUT2D eigenvalue weighted by molar-refractivity contribution is 7.86. The zero-order valence-corrected chi connectivity index (χ0v) is 20.7. The molecule has 0 bridgehead atoms. The Morgan fingerprint density at radius 3 is 1.60 bits per heavy atom. The lowest BCUT2D eigenvalue weighted by Crippen LogP contribution is -2.40. The second kappa shape index (κ2) is 9.42. The van der Waals surface area contributed by atoms with Crippen molar-refractivity contribution in [3.63, 3.8) is 0 Å². The smallest absolute Gasteiger partial charge is 0.278 e. The van der Waals surface area contributed by atoms with Crippen LogP contribution in [0.1, 0.15) is 29.2 Å². The molecule has 1 fully saturated rings.